The number of halogens is 3. The van der Waals surface area contributed by atoms with Crippen molar-refractivity contribution >= 4 is 11.6 Å². The summed E-state index contributed by atoms with van der Waals surface area (Å²) in [7, 11) is 0. The summed E-state index contributed by atoms with van der Waals surface area (Å²) in [5.74, 6) is 0.0800. The molecule has 3 aromatic rings. The SMILES string of the molecule is O=C(Cc1ccc(C(F)(F)F)cc1)Nc1cccc(Oc2ncccn2)c1. The highest BCUT2D eigenvalue weighted by Crippen LogP contribution is 2.29. The van der Waals surface area contributed by atoms with Crippen LogP contribution in [0.2, 0.25) is 0 Å². The van der Waals surface area contributed by atoms with Crippen LogP contribution < -0.4 is 10.1 Å². The van der Waals surface area contributed by atoms with E-state index in [4.69, 9.17) is 4.74 Å². The predicted molar refractivity (Wildman–Crippen MR) is 92.3 cm³/mol. The van der Waals surface area contributed by atoms with Crippen molar-refractivity contribution in [3.8, 4) is 11.8 Å². The minimum Gasteiger partial charge on any atom is -0.424 e. The average Bonchev–Trinajstić information content (AvgIpc) is 2.62. The first-order valence-electron chi connectivity index (χ1n) is 7.91. The Bertz CT molecular complexity index is 913. The molecule has 27 heavy (non-hydrogen) atoms. The first kappa shape index (κ1) is 18.4. The van der Waals surface area contributed by atoms with Crippen molar-refractivity contribution in [3.63, 3.8) is 0 Å². The molecule has 0 aliphatic heterocycles. The molecule has 0 saturated carbocycles. The lowest BCUT2D eigenvalue weighted by Gasteiger charge is -2.09. The molecule has 0 fully saturated rings. The van der Waals surface area contributed by atoms with E-state index in [-0.39, 0.29) is 18.3 Å². The third-order valence-corrected chi connectivity index (χ3v) is 3.51. The number of benzene rings is 2. The molecule has 1 N–H and O–H groups in total. The molecule has 0 aliphatic rings. The highest BCUT2D eigenvalue weighted by Gasteiger charge is 2.29. The average molecular weight is 373 g/mol. The summed E-state index contributed by atoms with van der Waals surface area (Å²) in [5, 5.41) is 2.68. The zero-order valence-electron chi connectivity index (χ0n) is 13.9. The quantitative estimate of drug-likeness (QED) is 0.717. The highest BCUT2D eigenvalue weighted by atomic mass is 19.4. The molecule has 0 radical (unpaired) electrons. The predicted octanol–water partition coefficient (Wildman–Crippen LogP) is 4.47. The van der Waals surface area contributed by atoms with Gasteiger partial charge in [0.1, 0.15) is 5.75 Å². The Kier molecular flexibility index (Phi) is 5.35. The van der Waals surface area contributed by atoms with Gasteiger partial charge in [-0.1, -0.05) is 18.2 Å². The van der Waals surface area contributed by atoms with Gasteiger partial charge < -0.3 is 10.1 Å². The number of ether oxygens (including phenoxy) is 1. The largest absolute Gasteiger partial charge is 0.424 e. The second-order valence-electron chi connectivity index (χ2n) is 5.58. The molecule has 0 saturated heterocycles. The van der Waals surface area contributed by atoms with Gasteiger partial charge in [0.2, 0.25) is 5.91 Å². The fraction of sp³-hybridized carbons (Fsp3) is 0.105. The first-order valence-corrected chi connectivity index (χ1v) is 7.91. The van der Waals surface area contributed by atoms with Crippen LogP contribution in [0.1, 0.15) is 11.1 Å². The Morgan fingerprint density at radius 3 is 2.37 bits per heavy atom. The van der Waals surface area contributed by atoms with Gasteiger partial charge in [-0.2, -0.15) is 13.2 Å². The zero-order valence-corrected chi connectivity index (χ0v) is 13.9. The Labute approximate surface area is 152 Å². The third-order valence-electron chi connectivity index (χ3n) is 3.51. The Morgan fingerprint density at radius 2 is 1.70 bits per heavy atom. The number of hydrogen-bond acceptors (Lipinski definition) is 4. The minimum atomic E-state index is -4.40. The summed E-state index contributed by atoms with van der Waals surface area (Å²) in [6.07, 6.45) is -1.37. The number of amides is 1. The number of alkyl halides is 3. The molecule has 0 atom stereocenters. The number of carbonyl (C=O) groups excluding carboxylic acids is 1. The van der Waals surface area contributed by atoms with E-state index in [9.17, 15) is 18.0 Å². The van der Waals surface area contributed by atoms with Gasteiger partial charge >= 0.3 is 12.2 Å². The second kappa shape index (κ2) is 7.86. The third kappa shape index (κ3) is 5.27. The van der Waals surface area contributed by atoms with Gasteiger partial charge in [-0.3, -0.25) is 4.79 Å². The van der Waals surface area contributed by atoms with Crippen LogP contribution in [0.25, 0.3) is 0 Å². The summed E-state index contributed by atoms with van der Waals surface area (Å²) in [6.45, 7) is 0. The molecule has 1 amide bonds. The van der Waals surface area contributed by atoms with E-state index in [1.807, 2.05) is 0 Å². The van der Waals surface area contributed by atoms with E-state index in [1.165, 1.54) is 24.5 Å². The van der Waals surface area contributed by atoms with Crippen molar-refractivity contribution in [2.24, 2.45) is 0 Å². The number of rotatable bonds is 5. The summed E-state index contributed by atoms with van der Waals surface area (Å²) < 4.78 is 43.2. The van der Waals surface area contributed by atoms with Gasteiger partial charge in [-0.15, -0.1) is 0 Å². The Morgan fingerprint density at radius 1 is 1.00 bits per heavy atom. The molecule has 8 heteroatoms. The Balaban J connectivity index is 1.61. The van der Waals surface area contributed by atoms with E-state index >= 15 is 0 Å². The number of nitrogens with zero attached hydrogens (tertiary/aromatic N) is 2. The van der Waals surface area contributed by atoms with Crippen LogP contribution in [-0.2, 0) is 17.4 Å². The van der Waals surface area contributed by atoms with Gasteiger partial charge in [0.15, 0.2) is 0 Å². The van der Waals surface area contributed by atoms with Crippen molar-refractivity contribution in [2.45, 2.75) is 12.6 Å². The fourth-order valence-electron chi connectivity index (χ4n) is 2.28. The second-order valence-corrected chi connectivity index (χ2v) is 5.58. The maximum atomic E-state index is 12.6. The molecule has 3 rings (SSSR count). The topological polar surface area (TPSA) is 64.1 Å². The van der Waals surface area contributed by atoms with Crippen LogP contribution in [0, 0.1) is 0 Å². The molecule has 1 heterocycles. The molecule has 0 bridgehead atoms. The molecule has 138 valence electrons. The molecular weight excluding hydrogens is 359 g/mol. The lowest BCUT2D eigenvalue weighted by molar-refractivity contribution is -0.137. The summed E-state index contributed by atoms with van der Waals surface area (Å²) >= 11 is 0. The number of nitrogens with one attached hydrogen (secondary N) is 1. The van der Waals surface area contributed by atoms with Crippen LogP contribution in [-0.4, -0.2) is 15.9 Å². The smallest absolute Gasteiger partial charge is 0.416 e. The van der Waals surface area contributed by atoms with Gasteiger partial charge in [0, 0.05) is 24.1 Å². The summed E-state index contributed by atoms with van der Waals surface area (Å²) in [5.41, 5.74) is 0.213. The molecule has 1 aromatic heterocycles. The van der Waals surface area contributed by atoms with Crippen LogP contribution in [0.5, 0.6) is 11.8 Å². The minimum absolute atomic E-state index is 0.0506. The number of aromatic nitrogens is 2. The normalized spacial score (nSPS) is 11.1. The Hall–Kier alpha value is -3.42. The molecule has 0 unspecified atom stereocenters. The van der Waals surface area contributed by atoms with E-state index in [0.717, 1.165) is 12.1 Å². The standard InChI is InChI=1S/C19H14F3N3O2/c20-19(21,22)14-7-5-13(6-8-14)11-17(26)25-15-3-1-4-16(12-15)27-18-23-9-2-10-24-18/h1-10,12H,11H2,(H,25,26). The zero-order chi connectivity index (χ0) is 19.3. The van der Waals surface area contributed by atoms with Crippen LogP contribution in [0.15, 0.2) is 67.0 Å². The maximum absolute atomic E-state index is 12.6. The van der Waals surface area contributed by atoms with Gasteiger partial charge in [-0.25, -0.2) is 9.97 Å². The van der Waals surface area contributed by atoms with Crippen molar-refractivity contribution in [1.29, 1.82) is 0 Å². The van der Waals surface area contributed by atoms with Crippen molar-refractivity contribution in [3.05, 3.63) is 78.1 Å². The van der Waals surface area contributed by atoms with Gasteiger partial charge in [0.25, 0.3) is 0 Å². The summed E-state index contributed by atoms with van der Waals surface area (Å²) in [4.78, 5) is 20.0. The van der Waals surface area contributed by atoms with Crippen LogP contribution >= 0.6 is 0 Å². The number of hydrogen-bond donors (Lipinski definition) is 1. The van der Waals surface area contributed by atoms with Gasteiger partial charge in [0.05, 0.1) is 12.0 Å². The molecular formula is C19H14F3N3O2. The summed E-state index contributed by atoms with van der Waals surface area (Å²) in [6, 6.07) is 12.9. The van der Waals surface area contributed by atoms with Crippen molar-refractivity contribution < 1.29 is 22.7 Å². The lowest BCUT2D eigenvalue weighted by Crippen LogP contribution is -2.14. The fourth-order valence-corrected chi connectivity index (χ4v) is 2.28. The first-order chi connectivity index (χ1) is 12.9. The number of anilines is 1. The van der Waals surface area contributed by atoms with E-state index < -0.39 is 11.7 Å². The monoisotopic (exact) mass is 373 g/mol. The lowest BCUT2D eigenvalue weighted by atomic mass is 10.1. The maximum Gasteiger partial charge on any atom is 0.416 e. The molecule has 0 spiro atoms. The molecule has 5 nitrogen and oxygen atoms in total. The number of carbonyl (C=O) groups is 1. The van der Waals surface area contributed by atoms with Crippen LogP contribution in [0.4, 0.5) is 18.9 Å². The van der Waals surface area contributed by atoms with E-state index in [1.54, 1.807) is 30.3 Å². The van der Waals surface area contributed by atoms with Crippen LogP contribution in [0.3, 0.4) is 0 Å². The highest BCUT2D eigenvalue weighted by molar-refractivity contribution is 5.92. The van der Waals surface area contributed by atoms with E-state index in [0.29, 0.717) is 17.0 Å². The molecule has 0 aliphatic carbocycles. The molecule has 2 aromatic carbocycles. The van der Waals surface area contributed by atoms with Crippen molar-refractivity contribution in [1.82, 2.24) is 9.97 Å². The van der Waals surface area contributed by atoms with E-state index in [2.05, 4.69) is 15.3 Å². The van der Waals surface area contributed by atoms with Gasteiger partial charge in [-0.05, 0) is 35.9 Å². The van der Waals surface area contributed by atoms with Crippen molar-refractivity contribution in [2.75, 3.05) is 5.32 Å².